The van der Waals surface area contributed by atoms with Gasteiger partial charge in [0.1, 0.15) is 0 Å². The van der Waals surface area contributed by atoms with E-state index < -0.39 is 0 Å². The number of carbonyl (C=O) groups is 1. The first kappa shape index (κ1) is 11.8. The topological polar surface area (TPSA) is 40.1 Å². The van der Waals surface area contributed by atoms with Gasteiger partial charge in [-0.3, -0.25) is 4.79 Å². The van der Waals surface area contributed by atoms with Gasteiger partial charge in [-0.15, -0.1) is 5.76 Å². The molecule has 0 heterocycles. The Hall–Kier alpha value is 1.02. The van der Waals surface area contributed by atoms with Gasteiger partial charge in [0.2, 0.25) is 0 Å². The average molecular weight is 185 g/mol. The number of ketones is 1. The molecule has 0 radical (unpaired) electrons. The first-order valence-electron chi connectivity index (χ1n) is 1.99. The Bertz CT molecular complexity index is 103. The standard InChI is InChI=1S/C5H8O2.Rb/c1-4(6)3-5(2)7;/h3,6H,1-2H3;/q;+1/p-1. The van der Waals surface area contributed by atoms with E-state index in [1.54, 1.807) is 0 Å². The fraction of sp³-hybridized carbons (Fsp3) is 0.400. The Morgan fingerprint density at radius 1 is 1.50 bits per heavy atom. The fourth-order valence-corrected chi connectivity index (χ4v) is 0.286. The van der Waals surface area contributed by atoms with Gasteiger partial charge in [0.05, 0.1) is 0 Å². The maximum atomic E-state index is 9.98. The minimum Gasteiger partial charge on any atom is -0.876 e. The van der Waals surface area contributed by atoms with Crippen molar-refractivity contribution in [2.75, 3.05) is 0 Å². The summed E-state index contributed by atoms with van der Waals surface area (Å²) in [5.41, 5.74) is 0. The molecule has 0 amide bonds. The third-order valence-electron chi connectivity index (χ3n) is 0.407. The van der Waals surface area contributed by atoms with Crippen molar-refractivity contribution in [3.05, 3.63) is 11.8 Å². The van der Waals surface area contributed by atoms with Gasteiger partial charge in [-0.05, 0) is 13.0 Å². The summed E-state index contributed by atoms with van der Waals surface area (Å²) in [6.07, 6.45) is 1.06. The Kier molecular flexibility index (Phi) is 9.03. The van der Waals surface area contributed by atoms with Crippen LogP contribution in [-0.2, 0) is 4.79 Å². The van der Waals surface area contributed by atoms with Gasteiger partial charge in [0.15, 0.2) is 5.78 Å². The molecule has 0 N–H and O–H groups in total. The molecule has 0 aliphatic rings. The molecular weight excluding hydrogens is 178 g/mol. The van der Waals surface area contributed by atoms with Gasteiger partial charge in [-0.1, -0.05) is 6.92 Å². The van der Waals surface area contributed by atoms with Crippen molar-refractivity contribution in [1.82, 2.24) is 0 Å². The first-order valence-corrected chi connectivity index (χ1v) is 1.99. The second-order valence-electron chi connectivity index (χ2n) is 1.37. The average Bonchev–Trinajstić information content (AvgIpc) is 1.27. The van der Waals surface area contributed by atoms with Crippen molar-refractivity contribution in [3.63, 3.8) is 0 Å². The Labute approximate surface area is 97.8 Å². The molecule has 40 valence electrons. The summed E-state index contributed by atoms with van der Waals surface area (Å²) in [6, 6.07) is 0. The summed E-state index contributed by atoms with van der Waals surface area (Å²) in [4.78, 5) is 9.98. The predicted molar refractivity (Wildman–Crippen MR) is 24.4 cm³/mol. The van der Waals surface area contributed by atoms with E-state index in [1.165, 1.54) is 13.8 Å². The molecule has 0 saturated carbocycles. The second kappa shape index (κ2) is 6.14. The summed E-state index contributed by atoms with van der Waals surface area (Å²) < 4.78 is 0. The third-order valence-corrected chi connectivity index (χ3v) is 0.407. The minimum absolute atomic E-state index is 0. The molecule has 0 aromatic rings. The predicted octanol–water partition coefficient (Wildman–Crippen LogP) is -3.16. The summed E-state index contributed by atoms with van der Waals surface area (Å²) in [6.45, 7) is 2.70. The number of rotatable bonds is 1. The van der Waals surface area contributed by atoms with Crippen LogP contribution >= 0.6 is 0 Å². The van der Waals surface area contributed by atoms with Gasteiger partial charge in [0.25, 0.3) is 0 Å². The van der Waals surface area contributed by atoms with Crippen LogP contribution < -0.4 is 63.3 Å². The molecule has 0 fully saturated rings. The molecule has 0 aromatic heterocycles. The smallest absolute Gasteiger partial charge is 0.876 e. The van der Waals surface area contributed by atoms with Gasteiger partial charge >= 0.3 is 58.2 Å². The van der Waals surface area contributed by atoms with Crippen LogP contribution in [0.3, 0.4) is 0 Å². The van der Waals surface area contributed by atoms with E-state index in [9.17, 15) is 9.90 Å². The summed E-state index contributed by atoms with van der Waals surface area (Å²) in [7, 11) is 0. The van der Waals surface area contributed by atoms with Crippen LogP contribution in [0, 0.1) is 0 Å². The van der Waals surface area contributed by atoms with Crippen LogP contribution in [0.15, 0.2) is 11.8 Å². The van der Waals surface area contributed by atoms with E-state index in [2.05, 4.69) is 0 Å². The molecule has 2 nitrogen and oxygen atoms in total. The molecule has 0 spiro atoms. The maximum Gasteiger partial charge on any atom is 1.00 e. The Morgan fingerprint density at radius 3 is 1.88 bits per heavy atom. The summed E-state index contributed by atoms with van der Waals surface area (Å²) in [5.74, 6) is -0.375. The molecule has 3 heteroatoms. The molecule has 8 heavy (non-hydrogen) atoms. The van der Waals surface area contributed by atoms with E-state index in [-0.39, 0.29) is 69.7 Å². The van der Waals surface area contributed by atoms with Crippen molar-refractivity contribution in [2.24, 2.45) is 0 Å². The Morgan fingerprint density at radius 2 is 1.88 bits per heavy atom. The number of hydrogen-bond donors (Lipinski definition) is 0. The maximum absolute atomic E-state index is 9.98. The first-order chi connectivity index (χ1) is 3.13. The van der Waals surface area contributed by atoms with E-state index in [0.29, 0.717) is 0 Å². The third kappa shape index (κ3) is 10.1. The molecular formula is C5H7O2Rb. The normalized spacial score (nSPS) is 10.0. The van der Waals surface area contributed by atoms with Crippen LogP contribution in [0.1, 0.15) is 13.8 Å². The zero-order valence-corrected chi connectivity index (χ0v) is 10.3. The van der Waals surface area contributed by atoms with Crippen LogP contribution in [0.5, 0.6) is 0 Å². The minimum atomic E-state index is -0.187. The summed E-state index contributed by atoms with van der Waals surface area (Å²) in [5, 5.41) is 9.98. The van der Waals surface area contributed by atoms with Crippen molar-refractivity contribution in [1.29, 1.82) is 0 Å². The van der Waals surface area contributed by atoms with Crippen LogP contribution in [0.25, 0.3) is 0 Å². The van der Waals surface area contributed by atoms with Gasteiger partial charge in [-0.25, -0.2) is 0 Å². The van der Waals surface area contributed by atoms with Gasteiger partial charge in [-0.2, -0.15) is 0 Å². The molecule has 0 bridgehead atoms. The zero-order valence-electron chi connectivity index (χ0n) is 5.39. The van der Waals surface area contributed by atoms with Crippen molar-refractivity contribution >= 4 is 5.78 Å². The molecule has 0 saturated heterocycles. The Balaban J connectivity index is 0. The van der Waals surface area contributed by atoms with Gasteiger partial charge < -0.3 is 5.11 Å². The quantitative estimate of drug-likeness (QED) is 0.319. The van der Waals surface area contributed by atoms with Crippen molar-refractivity contribution in [3.8, 4) is 0 Å². The van der Waals surface area contributed by atoms with Crippen molar-refractivity contribution < 1.29 is 68.1 Å². The van der Waals surface area contributed by atoms with Crippen molar-refractivity contribution in [2.45, 2.75) is 13.8 Å². The summed E-state index contributed by atoms with van der Waals surface area (Å²) >= 11 is 0. The van der Waals surface area contributed by atoms with E-state index >= 15 is 0 Å². The number of hydrogen-bond acceptors (Lipinski definition) is 2. The monoisotopic (exact) mass is 184 g/mol. The molecule has 0 aliphatic carbocycles. The number of allylic oxidation sites excluding steroid dienone is 2. The fourth-order valence-electron chi connectivity index (χ4n) is 0.286. The largest absolute Gasteiger partial charge is 1.00 e. The van der Waals surface area contributed by atoms with E-state index in [4.69, 9.17) is 0 Å². The van der Waals surface area contributed by atoms with Gasteiger partial charge in [0, 0.05) is 0 Å². The molecule has 0 aliphatic heterocycles. The zero-order chi connectivity index (χ0) is 5.86. The van der Waals surface area contributed by atoms with Crippen LogP contribution in [-0.4, -0.2) is 5.78 Å². The molecule has 0 aromatic carbocycles. The molecule has 0 rings (SSSR count). The van der Waals surface area contributed by atoms with E-state index in [1.807, 2.05) is 0 Å². The van der Waals surface area contributed by atoms with Crippen LogP contribution in [0.2, 0.25) is 0 Å². The number of carbonyl (C=O) groups excluding carboxylic acids is 1. The van der Waals surface area contributed by atoms with Crippen LogP contribution in [0.4, 0.5) is 0 Å². The van der Waals surface area contributed by atoms with E-state index in [0.717, 1.165) is 6.08 Å². The molecule has 0 unspecified atom stereocenters. The molecule has 0 atom stereocenters. The second-order valence-corrected chi connectivity index (χ2v) is 1.37. The SMILES string of the molecule is CC(=O)C=C(C)[O-].[Rb+].